The molecule has 0 spiro atoms. The SMILES string of the molecule is CCOc1cccc(-c2nnc(SCC(=O)Nc3c(C)cc(C)cc3C)n2N)c1. The Balaban J connectivity index is 1.68. The summed E-state index contributed by atoms with van der Waals surface area (Å²) in [4.78, 5) is 12.4. The summed E-state index contributed by atoms with van der Waals surface area (Å²) in [5.74, 6) is 7.48. The molecule has 0 aliphatic carbocycles. The Labute approximate surface area is 174 Å². The van der Waals surface area contributed by atoms with Crippen molar-refractivity contribution in [1.82, 2.24) is 14.9 Å². The van der Waals surface area contributed by atoms with Gasteiger partial charge in [-0.05, 0) is 51.0 Å². The fraction of sp³-hybridized carbons (Fsp3) is 0.286. The number of amides is 1. The van der Waals surface area contributed by atoms with Crippen LogP contribution in [-0.2, 0) is 4.79 Å². The second-order valence-corrected chi connectivity index (χ2v) is 7.69. The molecule has 0 saturated carbocycles. The van der Waals surface area contributed by atoms with Crippen molar-refractivity contribution in [2.75, 3.05) is 23.5 Å². The molecule has 1 heterocycles. The number of ether oxygens (including phenoxy) is 1. The molecule has 0 radical (unpaired) electrons. The molecule has 0 atom stereocenters. The lowest BCUT2D eigenvalue weighted by Crippen LogP contribution is -2.17. The summed E-state index contributed by atoms with van der Waals surface area (Å²) in [7, 11) is 0. The number of nitrogens with zero attached hydrogens (tertiary/aromatic N) is 3. The first-order valence-corrected chi connectivity index (χ1v) is 10.3. The number of carbonyl (C=O) groups is 1. The minimum Gasteiger partial charge on any atom is -0.494 e. The van der Waals surface area contributed by atoms with Crippen LogP contribution in [0.4, 0.5) is 5.69 Å². The van der Waals surface area contributed by atoms with Gasteiger partial charge in [-0.2, -0.15) is 0 Å². The van der Waals surface area contributed by atoms with Crippen molar-refractivity contribution in [3.8, 4) is 17.1 Å². The van der Waals surface area contributed by atoms with E-state index in [2.05, 4.69) is 27.6 Å². The van der Waals surface area contributed by atoms with Gasteiger partial charge in [0, 0.05) is 11.3 Å². The van der Waals surface area contributed by atoms with Crippen molar-refractivity contribution in [3.05, 3.63) is 53.1 Å². The molecule has 0 fully saturated rings. The van der Waals surface area contributed by atoms with E-state index in [1.807, 2.05) is 52.0 Å². The highest BCUT2D eigenvalue weighted by molar-refractivity contribution is 7.99. The molecular formula is C21H25N5O2S. The normalized spacial score (nSPS) is 10.8. The van der Waals surface area contributed by atoms with E-state index in [1.165, 1.54) is 22.0 Å². The molecule has 0 unspecified atom stereocenters. The van der Waals surface area contributed by atoms with Crippen LogP contribution >= 0.6 is 11.8 Å². The average molecular weight is 412 g/mol. The molecule has 152 valence electrons. The molecule has 1 aromatic heterocycles. The van der Waals surface area contributed by atoms with Crippen molar-refractivity contribution in [2.24, 2.45) is 0 Å². The van der Waals surface area contributed by atoms with E-state index in [0.717, 1.165) is 28.1 Å². The van der Waals surface area contributed by atoms with E-state index < -0.39 is 0 Å². The predicted octanol–water partition coefficient (Wildman–Crippen LogP) is 3.71. The Morgan fingerprint density at radius 3 is 2.59 bits per heavy atom. The molecule has 0 bridgehead atoms. The zero-order chi connectivity index (χ0) is 21.0. The van der Waals surface area contributed by atoms with E-state index in [9.17, 15) is 4.79 Å². The number of nitrogen functional groups attached to an aromatic ring is 1. The zero-order valence-corrected chi connectivity index (χ0v) is 17.8. The monoisotopic (exact) mass is 411 g/mol. The van der Waals surface area contributed by atoms with Gasteiger partial charge in [0.15, 0.2) is 5.82 Å². The fourth-order valence-electron chi connectivity index (χ4n) is 3.15. The second kappa shape index (κ2) is 9.00. The van der Waals surface area contributed by atoms with Crippen molar-refractivity contribution in [1.29, 1.82) is 0 Å². The summed E-state index contributed by atoms with van der Waals surface area (Å²) in [5, 5.41) is 11.7. The number of nitrogens with one attached hydrogen (secondary N) is 1. The summed E-state index contributed by atoms with van der Waals surface area (Å²) < 4.78 is 6.91. The number of carbonyl (C=O) groups excluding carboxylic acids is 1. The molecule has 2 aromatic carbocycles. The van der Waals surface area contributed by atoms with Gasteiger partial charge < -0.3 is 15.9 Å². The zero-order valence-electron chi connectivity index (χ0n) is 17.0. The Bertz CT molecular complexity index is 1010. The van der Waals surface area contributed by atoms with Crippen LogP contribution in [0.25, 0.3) is 11.4 Å². The largest absolute Gasteiger partial charge is 0.494 e. The number of rotatable bonds is 7. The van der Waals surface area contributed by atoms with Crippen LogP contribution in [0.5, 0.6) is 5.75 Å². The molecule has 7 nitrogen and oxygen atoms in total. The van der Waals surface area contributed by atoms with Gasteiger partial charge >= 0.3 is 0 Å². The van der Waals surface area contributed by atoms with Crippen LogP contribution in [0.3, 0.4) is 0 Å². The molecule has 8 heteroatoms. The number of aryl methyl sites for hydroxylation is 3. The first-order valence-electron chi connectivity index (χ1n) is 9.33. The smallest absolute Gasteiger partial charge is 0.234 e. The molecule has 0 aliphatic rings. The third-order valence-corrected chi connectivity index (χ3v) is 5.28. The molecular weight excluding hydrogens is 386 g/mol. The van der Waals surface area contributed by atoms with Gasteiger partial charge in [-0.25, -0.2) is 4.68 Å². The first kappa shape index (κ1) is 20.7. The van der Waals surface area contributed by atoms with Crippen molar-refractivity contribution in [3.63, 3.8) is 0 Å². The second-order valence-electron chi connectivity index (χ2n) is 6.75. The van der Waals surface area contributed by atoms with Crippen molar-refractivity contribution >= 4 is 23.4 Å². The van der Waals surface area contributed by atoms with Crippen LogP contribution in [0.1, 0.15) is 23.6 Å². The summed E-state index contributed by atoms with van der Waals surface area (Å²) in [6, 6.07) is 11.6. The van der Waals surface area contributed by atoms with E-state index in [-0.39, 0.29) is 11.7 Å². The molecule has 3 aromatic rings. The van der Waals surface area contributed by atoms with Crippen LogP contribution in [0.2, 0.25) is 0 Å². The minimum atomic E-state index is -0.118. The number of aromatic nitrogens is 3. The van der Waals surface area contributed by atoms with E-state index in [1.54, 1.807) is 0 Å². The topological polar surface area (TPSA) is 95.1 Å². The fourth-order valence-corrected chi connectivity index (χ4v) is 3.80. The lowest BCUT2D eigenvalue weighted by atomic mass is 10.1. The number of thioether (sulfide) groups is 1. The Morgan fingerprint density at radius 2 is 1.90 bits per heavy atom. The van der Waals surface area contributed by atoms with E-state index in [0.29, 0.717) is 17.6 Å². The number of hydrogen-bond acceptors (Lipinski definition) is 6. The molecule has 0 aliphatic heterocycles. The first-order chi connectivity index (χ1) is 13.9. The number of nitrogens with two attached hydrogens (primary N) is 1. The summed E-state index contributed by atoms with van der Waals surface area (Å²) >= 11 is 1.24. The maximum atomic E-state index is 12.4. The van der Waals surface area contributed by atoms with Gasteiger partial charge in [0.1, 0.15) is 5.75 Å². The third-order valence-electron chi connectivity index (χ3n) is 4.34. The van der Waals surface area contributed by atoms with Crippen LogP contribution in [0, 0.1) is 20.8 Å². The molecule has 3 N–H and O–H groups in total. The average Bonchev–Trinajstić information content (AvgIpc) is 3.04. The Kier molecular flexibility index (Phi) is 6.43. The Morgan fingerprint density at radius 1 is 1.17 bits per heavy atom. The highest BCUT2D eigenvalue weighted by Gasteiger charge is 2.15. The molecule has 0 saturated heterocycles. The summed E-state index contributed by atoms with van der Waals surface area (Å²) in [5.41, 5.74) is 4.90. The van der Waals surface area contributed by atoms with E-state index >= 15 is 0 Å². The highest BCUT2D eigenvalue weighted by Crippen LogP contribution is 2.26. The van der Waals surface area contributed by atoms with Crippen LogP contribution in [-0.4, -0.2) is 33.1 Å². The van der Waals surface area contributed by atoms with E-state index in [4.69, 9.17) is 10.6 Å². The van der Waals surface area contributed by atoms with Gasteiger partial charge in [-0.15, -0.1) is 10.2 Å². The Hall–Kier alpha value is -3.00. The maximum absolute atomic E-state index is 12.4. The van der Waals surface area contributed by atoms with Crippen molar-refractivity contribution in [2.45, 2.75) is 32.9 Å². The minimum absolute atomic E-state index is 0.118. The highest BCUT2D eigenvalue weighted by atomic mass is 32.2. The molecule has 3 rings (SSSR count). The number of anilines is 1. The third kappa shape index (κ3) is 4.89. The van der Waals surface area contributed by atoms with Gasteiger partial charge in [0.25, 0.3) is 0 Å². The van der Waals surface area contributed by atoms with Crippen LogP contribution in [0.15, 0.2) is 41.6 Å². The lowest BCUT2D eigenvalue weighted by Gasteiger charge is -2.12. The van der Waals surface area contributed by atoms with Gasteiger partial charge in [-0.3, -0.25) is 4.79 Å². The van der Waals surface area contributed by atoms with Crippen LogP contribution < -0.4 is 15.9 Å². The van der Waals surface area contributed by atoms with Gasteiger partial charge in [-0.1, -0.05) is 41.6 Å². The van der Waals surface area contributed by atoms with Gasteiger partial charge in [0.2, 0.25) is 11.1 Å². The van der Waals surface area contributed by atoms with Gasteiger partial charge in [0.05, 0.1) is 12.4 Å². The summed E-state index contributed by atoms with van der Waals surface area (Å²) in [6.45, 7) is 8.52. The quantitative estimate of drug-likeness (QED) is 0.455. The molecule has 1 amide bonds. The molecule has 29 heavy (non-hydrogen) atoms. The number of hydrogen-bond donors (Lipinski definition) is 2. The lowest BCUT2D eigenvalue weighted by molar-refractivity contribution is -0.113. The summed E-state index contributed by atoms with van der Waals surface area (Å²) in [6.07, 6.45) is 0. The predicted molar refractivity (Wildman–Crippen MR) is 117 cm³/mol. The number of benzene rings is 2. The maximum Gasteiger partial charge on any atom is 0.234 e. The standard InChI is InChI=1S/C21H25N5O2S/c1-5-28-17-8-6-7-16(11-17)20-24-25-21(26(20)22)29-12-18(27)23-19-14(3)9-13(2)10-15(19)4/h6-11H,5,12,22H2,1-4H3,(H,23,27). The van der Waals surface area contributed by atoms with Crippen molar-refractivity contribution < 1.29 is 9.53 Å².